The number of aryl methyl sites for hydroxylation is 2. The van der Waals surface area contributed by atoms with E-state index in [0.29, 0.717) is 0 Å². The Morgan fingerprint density at radius 1 is 1.26 bits per heavy atom. The van der Waals surface area contributed by atoms with Gasteiger partial charge in [0.1, 0.15) is 9.96 Å². The van der Waals surface area contributed by atoms with Gasteiger partial charge in [0.05, 0.1) is 5.69 Å². The fraction of sp³-hybridized carbons (Fsp3) is 0.231. The van der Waals surface area contributed by atoms with Gasteiger partial charge in [0.15, 0.2) is 0 Å². The monoisotopic (exact) mass is 297 g/mol. The maximum absolute atomic E-state index is 12.2. The van der Waals surface area contributed by atoms with E-state index in [-0.39, 0.29) is 15.6 Å². The molecule has 0 aliphatic rings. The van der Waals surface area contributed by atoms with E-state index >= 15 is 0 Å². The number of rotatable bonds is 4. The molecule has 0 bridgehead atoms. The molecule has 4 nitrogen and oxygen atoms in total. The van der Waals surface area contributed by atoms with Gasteiger partial charge in [0, 0.05) is 4.88 Å². The van der Waals surface area contributed by atoms with Crippen LogP contribution in [0.2, 0.25) is 0 Å². The minimum atomic E-state index is -3.63. The van der Waals surface area contributed by atoms with E-state index in [9.17, 15) is 13.5 Å². The fourth-order valence-electron chi connectivity index (χ4n) is 1.62. The lowest BCUT2D eigenvalue weighted by atomic mass is 10.2. The van der Waals surface area contributed by atoms with Gasteiger partial charge in [-0.2, -0.15) is 0 Å². The van der Waals surface area contributed by atoms with E-state index < -0.39 is 10.0 Å². The minimum absolute atomic E-state index is 0.0820. The SMILES string of the molecule is CCc1ccc(S(=O)(=O)Nc2cc(C)ccc2O)s1. The summed E-state index contributed by atoms with van der Waals surface area (Å²) in [5, 5.41) is 9.67. The molecular weight excluding hydrogens is 282 g/mol. The number of phenols is 1. The highest BCUT2D eigenvalue weighted by Gasteiger charge is 2.18. The van der Waals surface area contributed by atoms with E-state index in [4.69, 9.17) is 0 Å². The summed E-state index contributed by atoms with van der Waals surface area (Å²) < 4.78 is 27.0. The number of nitrogens with one attached hydrogen (secondary N) is 1. The van der Waals surface area contributed by atoms with Crippen molar-refractivity contribution >= 4 is 27.0 Å². The standard InChI is InChI=1S/C13H15NO3S2/c1-3-10-5-7-13(18-10)19(16,17)14-11-8-9(2)4-6-12(11)15/h4-8,14-15H,3H2,1-2H3. The van der Waals surface area contributed by atoms with Crippen LogP contribution in [-0.4, -0.2) is 13.5 Å². The van der Waals surface area contributed by atoms with Gasteiger partial charge in [0.2, 0.25) is 0 Å². The van der Waals surface area contributed by atoms with Gasteiger partial charge in [-0.1, -0.05) is 13.0 Å². The molecule has 0 amide bonds. The van der Waals surface area contributed by atoms with Crippen molar-refractivity contribution in [2.24, 2.45) is 0 Å². The summed E-state index contributed by atoms with van der Waals surface area (Å²) in [6.07, 6.45) is 0.801. The third-order valence-corrected chi connectivity index (χ3v) is 5.73. The fourth-order valence-corrected chi connectivity index (χ4v) is 3.98. The summed E-state index contributed by atoms with van der Waals surface area (Å²) >= 11 is 1.24. The maximum Gasteiger partial charge on any atom is 0.271 e. The summed E-state index contributed by atoms with van der Waals surface area (Å²) in [4.78, 5) is 1.01. The minimum Gasteiger partial charge on any atom is -0.506 e. The van der Waals surface area contributed by atoms with Crippen molar-refractivity contribution in [1.29, 1.82) is 0 Å². The molecule has 0 spiro atoms. The summed E-state index contributed by atoms with van der Waals surface area (Å²) in [5.41, 5.74) is 1.07. The molecule has 0 atom stereocenters. The molecule has 1 aromatic carbocycles. The van der Waals surface area contributed by atoms with Gasteiger partial charge >= 0.3 is 0 Å². The summed E-state index contributed by atoms with van der Waals surface area (Å²) in [7, 11) is -3.63. The van der Waals surface area contributed by atoms with Crippen molar-refractivity contribution in [1.82, 2.24) is 0 Å². The average molecular weight is 297 g/mol. The molecule has 0 fully saturated rings. The molecule has 0 saturated carbocycles. The molecule has 1 aromatic heterocycles. The number of phenolic OH excluding ortho intramolecular Hbond substituents is 1. The van der Waals surface area contributed by atoms with Gasteiger partial charge in [-0.3, -0.25) is 4.72 Å². The Morgan fingerprint density at radius 2 is 2.00 bits per heavy atom. The molecule has 0 unspecified atom stereocenters. The summed E-state index contributed by atoms with van der Waals surface area (Å²) in [6.45, 7) is 3.81. The zero-order valence-corrected chi connectivity index (χ0v) is 12.3. The van der Waals surface area contributed by atoms with Gasteiger partial charge in [0.25, 0.3) is 10.0 Å². The topological polar surface area (TPSA) is 66.4 Å². The molecule has 2 N–H and O–H groups in total. The smallest absolute Gasteiger partial charge is 0.271 e. The molecule has 19 heavy (non-hydrogen) atoms. The van der Waals surface area contributed by atoms with E-state index in [0.717, 1.165) is 16.9 Å². The number of thiophene rings is 1. The third-order valence-electron chi connectivity index (χ3n) is 2.65. The summed E-state index contributed by atoms with van der Waals surface area (Å²) in [6, 6.07) is 8.17. The zero-order valence-electron chi connectivity index (χ0n) is 10.7. The lowest BCUT2D eigenvalue weighted by Gasteiger charge is -2.08. The van der Waals surface area contributed by atoms with Crippen LogP contribution in [0.1, 0.15) is 17.4 Å². The average Bonchev–Trinajstić information content (AvgIpc) is 2.83. The maximum atomic E-state index is 12.2. The predicted molar refractivity (Wildman–Crippen MR) is 77.3 cm³/mol. The number of hydrogen-bond donors (Lipinski definition) is 2. The molecule has 0 saturated heterocycles. The highest BCUT2D eigenvalue weighted by Crippen LogP contribution is 2.29. The lowest BCUT2D eigenvalue weighted by molar-refractivity contribution is 0.477. The second-order valence-corrected chi connectivity index (χ2v) is 7.28. The molecular formula is C13H15NO3S2. The van der Waals surface area contributed by atoms with E-state index in [2.05, 4.69) is 4.72 Å². The van der Waals surface area contributed by atoms with Crippen molar-refractivity contribution in [3.05, 3.63) is 40.8 Å². The quantitative estimate of drug-likeness (QED) is 0.852. The Bertz CT molecular complexity index is 690. The van der Waals surface area contributed by atoms with E-state index in [1.807, 2.05) is 13.8 Å². The molecule has 0 radical (unpaired) electrons. The molecule has 0 aliphatic heterocycles. The number of aromatic hydroxyl groups is 1. The lowest BCUT2D eigenvalue weighted by Crippen LogP contribution is -2.11. The molecule has 0 aliphatic carbocycles. The Balaban J connectivity index is 2.33. The van der Waals surface area contributed by atoms with Crippen molar-refractivity contribution in [2.45, 2.75) is 24.5 Å². The van der Waals surface area contributed by atoms with Crippen LogP contribution in [0.4, 0.5) is 5.69 Å². The molecule has 102 valence electrons. The highest BCUT2D eigenvalue weighted by atomic mass is 32.2. The van der Waals surface area contributed by atoms with Gasteiger partial charge in [-0.05, 0) is 43.2 Å². The molecule has 2 rings (SSSR count). The number of sulfonamides is 1. The number of anilines is 1. The van der Waals surface area contributed by atoms with Crippen molar-refractivity contribution in [3.8, 4) is 5.75 Å². The van der Waals surface area contributed by atoms with Crippen molar-refractivity contribution < 1.29 is 13.5 Å². The first-order valence-electron chi connectivity index (χ1n) is 5.83. The van der Waals surface area contributed by atoms with Crippen LogP contribution >= 0.6 is 11.3 Å². The Labute approximate surface area is 116 Å². The first kappa shape index (κ1) is 13.9. The Morgan fingerprint density at radius 3 is 2.63 bits per heavy atom. The second kappa shape index (κ2) is 5.22. The Kier molecular flexibility index (Phi) is 3.82. The van der Waals surface area contributed by atoms with Crippen molar-refractivity contribution in [2.75, 3.05) is 4.72 Å². The van der Waals surface area contributed by atoms with Crippen LogP contribution < -0.4 is 4.72 Å². The summed E-state index contributed by atoms with van der Waals surface area (Å²) in [5.74, 6) is -0.0820. The molecule has 2 aromatic rings. The molecule has 1 heterocycles. The molecule has 6 heteroatoms. The highest BCUT2D eigenvalue weighted by molar-refractivity contribution is 7.94. The largest absolute Gasteiger partial charge is 0.506 e. The van der Waals surface area contributed by atoms with Crippen LogP contribution in [0.15, 0.2) is 34.5 Å². The van der Waals surface area contributed by atoms with Crippen LogP contribution in [0.25, 0.3) is 0 Å². The van der Waals surface area contributed by atoms with Crippen LogP contribution in [-0.2, 0) is 16.4 Å². The number of hydrogen-bond acceptors (Lipinski definition) is 4. The number of benzene rings is 1. The first-order valence-corrected chi connectivity index (χ1v) is 8.13. The van der Waals surface area contributed by atoms with Crippen molar-refractivity contribution in [3.63, 3.8) is 0 Å². The normalized spacial score (nSPS) is 11.5. The van der Waals surface area contributed by atoms with Gasteiger partial charge in [-0.25, -0.2) is 8.42 Å². The third kappa shape index (κ3) is 3.08. The van der Waals surface area contributed by atoms with Gasteiger partial charge < -0.3 is 5.11 Å². The van der Waals surface area contributed by atoms with E-state index in [1.54, 1.807) is 24.3 Å². The van der Waals surface area contributed by atoms with Crippen LogP contribution in [0, 0.1) is 6.92 Å². The van der Waals surface area contributed by atoms with E-state index in [1.165, 1.54) is 17.4 Å². The predicted octanol–water partition coefficient (Wildman–Crippen LogP) is 3.13. The van der Waals surface area contributed by atoms with Gasteiger partial charge in [-0.15, -0.1) is 11.3 Å². The second-order valence-electron chi connectivity index (χ2n) is 4.20. The van der Waals surface area contributed by atoms with Crippen LogP contribution in [0.5, 0.6) is 5.75 Å². The van der Waals surface area contributed by atoms with Crippen LogP contribution in [0.3, 0.4) is 0 Å². The Hall–Kier alpha value is -1.53. The zero-order chi connectivity index (χ0) is 14.0. The first-order chi connectivity index (χ1) is 8.92.